The minimum Gasteiger partial charge on any atom is -0.399 e. The van der Waals surface area contributed by atoms with Gasteiger partial charge in [-0.15, -0.1) is 0 Å². The smallest absolute Gasteiger partial charge is 0.269 e. The quantitative estimate of drug-likeness (QED) is 0.582. The van der Waals surface area contributed by atoms with Crippen molar-refractivity contribution in [3.05, 3.63) is 24.3 Å². The van der Waals surface area contributed by atoms with Gasteiger partial charge in [-0.25, -0.2) is 13.1 Å². The van der Waals surface area contributed by atoms with Crippen LogP contribution in [-0.2, 0) is 9.06 Å². The van der Waals surface area contributed by atoms with Gasteiger partial charge in [-0.2, -0.15) is 0 Å². The Hall–Kier alpha value is -0.720. The molecule has 0 heterocycles. The van der Waals surface area contributed by atoms with Crippen LogP contribution in [0.2, 0.25) is 0 Å². The summed E-state index contributed by atoms with van der Waals surface area (Å²) >= 11 is 0. The fraction of sp³-hybridized carbons (Fsp3) is 0.143. The minimum atomic E-state index is -3.26. The first-order chi connectivity index (χ1) is 6.03. The molecule has 1 rings (SSSR count). The first-order valence-electron chi connectivity index (χ1n) is 3.52. The lowest BCUT2D eigenvalue weighted by Crippen LogP contribution is -2.13. The van der Waals surface area contributed by atoms with E-state index >= 15 is 0 Å². The molecule has 0 bridgehead atoms. The van der Waals surface area contributed by atoms with Gasteiger partial charge in [0.15, 0.2) is 0 Å². The maximum Gasteiger partial charge on any atom is 0.269 e. The van der Waals surface area contributed by atoms with E-state index in [-0.39, 0.29) is 0 Å². The normalized spacial score (nSPS) is 11.5. The molecule has 0 aliphatic heterocycles. The molecule has 0 spiro atoms. The molecule has 0 radical (unpaired) electrons. The highest BCUT2D eigenvalue weighted by molar-refractivity contribution is 8.71. The summed E-state index contributed by atoms with van der Waals surface area (Å²) in [5.41, 5.74) is 6.07. The minimum absolute atomic E-state index is 0.617. The lowest BCUT2D eigenvalue weighted by Gasteiger charge is -2.01. The van der Waals surface area contributed by atoms with Crippen LogP contribution < -0.4 is 10.5 Å². The van der Waals surface area contributed by atoms with Crippen molar-refractivity contribution in [1.82, 2.24) is 4.72 Å². The Balaban J connectivity index is 2.82. The van der Waals surface area contributed by atoms with Gasteiger partial charge in [-0.1, -0.05) is 0 Å². The molecule has 4 nitrogen and oxygen atoms in total. The molecule has 0 saturated heterocycles. The van der Waals surface area contributed by atoms with Crippen molar-refractivity contribution >= 4 is 25.5 Å². The number of nitrogen functional groups attached to an aromatic ring is 1. The van der Waals surface area contributed by atoms with Crippen molar-refractivity contribution in [3.63, 3.8) is 0 Å². The Morgan fingerprint density at radius 3 is 2.31 bits per heavy atom. The Bertz CT molecular complexity index is 372. The Labute approximate surface area is 81.0 Å². The topological polar surface area (TPSA) is 72.2 Å². The van der Waals surface area contributed by atoms with Gasteiger partial charge < -0.3 is 5.73 Å². The number of benzene rings is 1. The van der Waals surface area contributed by atoms with E-state index < -0.39 is 9.06 Å². The van der Waals surface area contributed by atoms with Gasteiger partial charge in [-0.3, -0.25) is 0 Å². The Morgan fingerprint density at radius 1 is 1.31 bits per heavy atom. The summed E-state index contributed by atoms with van der Waals surface area (Å²) in [6.07, 6.45) is 0. The number of nitrogens with two attached hydrogens (primary N) is 1. The van der Waals surface area contributed by atoms with Gasteiger partial charge >= 0.3 is 0 Å². The van der Waals surface area contributed by atoms with Crippen molar-refractivity contribution in [2.45, 2.75) is 4.90 Å². The molecular weight excluding hydrogens is 208 g/mol. The molecule has 3 N–H and O–H groups in total. The van der Waals surface area contributed by atoms with E-state index in [1.165, 1.54) is 7.05 Å². The van der Waals surface area contributed by atoms with Crippen LogP contribution in [0.3, 0.4) is 0 Å². The third-order valence-corrected chi connectivity index (χ3v) is 4.26. The number of rotatable bonds is 3. The molecule has 6 heteroatoms. The lowest BCUT2D eigenvalue weighted by atomic mass is 10.3. The molecule has 0 saturated carbocycles. The van der Waals surface area contributed by atoms with E-state index in [0.29, 0.717) is 10.6 Å². The van der Waals surface area contributed by atoms with Gasteiger partial charge in [-0.05, 0) is 31.3 Å². The first-order valence-corrected chi connectivity index (χ1v) is 6.33. The average Bonchev–Trinajstić information content (AvgIpc) is 2.09. The number of hydrogen-bond donors (Lipinski definition) is 2. The molecule has 0 unspecified atom stereocenters. The monoisotopic (exact) mass is 218 g/mol. The van der Waals surface area contributed by atoms with E-state index in [1.807, 2.05) is 0 Å². The summed E-state index contributed by atoms with van der Waals surface area (Å²) in [6, 6.07) is 6.64. The second kappa shape index (κ2) is 3.99. The second-order valence-corrected chi connectivity index (χ2v) is 6.08. The van der Waals surface area contributed by atoms with Gasteiger partial charge in [0, 0.05) is 21.4 Å². The molecule has 0 aliphatic rings. The van der Waals surface area contributed by atoms with Crippen LogP contribution in [0.5, 0.6) is 0 Å². The summed E-state index contributed by atoms with van der Waals surface area (Å²) < 4.78 is 24.4. The van der Waals surface area contributed by atoms with E-state index in [1.54, 1.807) is 24.3 Å². The van der Waals surface area contributed by atoms with Crippen molar-refractivity contribution in [2.75, 3.05) is 12.8 Å². The second-order valence-electron chi connectivity index (χ2n) is 2.31. The summed E-state index contributed by atoms with van der Waals surface area (Å²) in [4.78, 5) is 0.642. The average molecular weight is 218 g/mol. The maximum absolute atomic E-state index is 11.1. The summed E-state index contributed by atoms with van der Waals surface area (Å²) in [5, 5.41) is 0. The van der Waals surface area contributed by atoms with E-state index in [9.17, 15) is 8.42 Å². The fourth-order valence-electron chi connectivity index (χ4n) is 0.692. The molecule has 0 aromatic heterocycles. The molecule has 0 fully saturated rings. The standard InChI is InChI=1S/C7H10N2O2S2/c1-9-13(10,11)12-7-4-2-6(8)3-5-7/h2-5,9H,8H2,1H3. The van der Waals surface area contributed by atoms with E-state index in [0.717, 1.165) is 10.8 Å². The van der Waals surface area contributed by atoms with Crippen LogP contribution in [0.15, 0.2) is 29.2 Å². The highest BCUT2D eigenvalue weighted by Gasteiger charge is 2.08. The SMILES string of the molecule is CNS(=O)(=O)Sc1ccc(N)cc1. The van der Waals surface area contributed by atoms with Crippen LogP contribution in [0, 0.1) is 0 Å². The molecule has 0 amide bonds. The Morgan fingerprint density at radius 2 is 1.85 bits per heavy atom. The molecule has 72 valence electrons. The maximum atomic E-state index is 11.1. The van der Waals surface area contributed by atoms with Crippen LogP contribution in [0.1, 0.15) is 0 Å². The zero-order valence-electron chi connectivity index (χ0n) is 7.02. The van der Waals surface area contributed by atoms with Crippen LogP contribution in [-0.4, -0.2) is 15.5 Å². The van der Waals surface area contributed by atoms with Crippen molar-refractivity contribution in [2.24, 2.45) is 0 Å². The van der Waals surface area contributed by atoms with E-state index in [2.05, 4.69) is 4.72 Å². The predicted octanol–water partition coefficient (Wildman–Crippen LogP) is 0.825. The Kier molecular flexibility index (Phi) is 3.18. The van der Waals surface area contributed by atoms with Gasteiger partial charge in [0.25, 0.3) is 9.06 Å². The lowest BCUT2D eigenvalue weighted by molar-refractivity contribution is 0.603. The molecule has 0 atom stereocenters. The van der Waals surface area contributed by atoms with Crippen molar-refractivity contribution in [1.29, 1.82) is 0 Å². The van der Waals surface area contributed by atoms with Crippen LogP contribution in [0.25, 0.3) is 0 Å². The summed E-state index contributed by atoms with van der Waals surface area (Å²) in [5.74, 6) is 0. The third kappa shape index (κ3) is 3.25. The summed E-state index contributed by atoms with van der Waals surface area (Å²) in [7, 11) is -1.12. The van der Waals surface area contributed by atoms with Crippen molar-refractivity contribution < 1.29 is 8.42 Å². The largest absolute Gasteiger partial charge is 0.399 e. The van der Waals surface area contributed by atoms with Gasteiger partial charge in [0.2, 0.25) is 0 Å². The summed E-state index contributed by atoms with van der Waals surface area (Å²) in [6.45, 7) is 0. The van der Waals surface area contributed by atoms with E-state index in [4.69, 9.17) is 5.73 Å². The highest BCUT2D eigenvalue weighted by Crippen LogP contribution is 2.23. The molecule has 1 aromatic carbocycles. The number of anilines is 1. The van der Waals surface area contributed by atoms with Crippen LogP contribution in [0.4, 0.5) is 5.69 Å². The van der Waals surface area contributed by atoms with Gasteiger partial charge in [0.05, 0.1) is 0 Å². The highest BCUT2D eigenvalue weighted by atomic mass is 33.1. The predicted molar refractivity (Wildman–Crippen MR) is 54.7 cm³/mol. The molecular formula is C7H10N2O2S2. The van der Waals surface area contributed by atoms with Crippen molar-refractivity contribution in [3.8, 4) is 0 Å². The molecule has 0 aliphatic carbocycles. The number of nitrogens with one attached hydrogen (secondary N) is 1. The fourth-order valence-corrected chi connectivity index (χ4v) is 2.62. The van der Waals surface area contributed by atoms with Gasteiger partial charge in [0.1, 0.15) is 0 Å². The zero-order valence-corrected chi connectivity index (χ0v) is 8.65. The first kappa shape index (κ1) is 10.4. The number of hydrogen-bond acceptors (Lipinski definition) is 4. The zero-order chi connectivity index (χ0) is 9.90. The van der Waals surface area contributed by atoms with Crippen LogP contribution >= 0.6 is 10.8 Å². The third-order valence-electron chi connectivity index (χ3n) is 1.34. The molecule has 13 heavy (non-hydrogen) atoms. The molecule has 1 aromatic rings.